The zero-order valence-corrected chi connectivity index (χ0v) is 10.4. The average molecular weight is 258 g/mol. The minimum absolute atomic E-state index is 0.0331. The Morgan fingerprint density at radius 1 is 1.47 bits per heavy atom. The molecule has 0 aliphatic carbocycles. The molecule has 96 valence electrons. The molecule has 19 heavy (non-hydrogen) atoms. The van der Waals surface area contributed by atoms with E-state index in [2.05, 4.69) is 10.2 Å². The fourth-order valence-electron chi connectivity index (χ4n) is 1.33. The van der Waals surface area contributed by atoms with Gasteiger partial charge in [-0.15, -0.1) is 0 Å². The van der Waals surface area contributed by atoms with Crippen LogP contribution in [-0.2, 0) is 0 Å². The van der Waals surface area contributed by atoms with Gasteiger partial charge in [-0.05, 0) is 12.1 Å². The van der Waals surface area contributed by atoms with Crippen molar-refractivity contribution in [2.24, 2.45) is 0 Å². The van der Waals surface area contributed by atoms with Gasteiger partial charge in [-0.3, -0.25) is 4.79 Å². The lowest BCUT2D eigenvalue weighted by Crippen LogP contribution is -2.32. The lowest BCUT2D eigenvalue weighted by atomic mass is 10.2. The fraction of sp³-hybridized carbons (Fsp3) is 0.154. The monoisotopic (exact) mass is 258 g/mol. The van der Waals surface area contributed by atoms with Gasteiger partial charge >= 0.3 is 5.70 Å². The molecule has 1 aromatic rings. The molecule has 0 bridgehead atoms. The quantitative estimate of drug-likeness (QED) is 0.663. The molecule has 6 heteroatoms. The molecule has 1 amide bonds. The number of amides is 1. The Morgan fingerprint density at radius 3 is 2.58 bits per heavy atom. The van der Waals surface area contributed by atoms with Crippen LogP contribution in [0.4, 0.5) is 4.39 Å². The highest BCUT2D eigenvalue weighted by Gasteiger charge is 2.16. The largest absolute Gasteiger partial charge is 0.372 e. The van der Waals surface area contributed by atoms with Gasteiger partial charge in [-0.25, -0.2) is 14.5 Å². The fourth-order valence-corrected chi connectivity index (χ4v) is 1.33. The summed E-state index contributed by atoms with van der Waals surface area (Å²) in [7, 11) is 3.14. The van der Waals surface area contributed by atoms with Gasteiger partial charge in [0.25, 0.3) is 5.91 Å². The van der Waals surface area contributed by atoms with Crippen LogP contribution >= 0.6 is 0 Å². The number of carbonyl (C=O) groups is 1. The maximum Gasteiger partial charge on any atom is 0.300 e. The molecule has 1 rings (SSSR count). The van der Waals surface area contributed by atoms with Crippen molar-refractivity contribution in [3.8, 4) is 6.07 Å². The molecule has 0 saturated heterocycles. The predicted molar refractivity (Wildman–Crippen MR) is 66.8 cm³/mol. The third-order valence-corrected chi connectivity index (χ3v) is 2.24. The number of hydrogen-bond acceptors (Lipinski definition) is 3. The summed E-state index contributed by atoms with van der Waals surface area (Å²) in [6.07, 6.45) is 0. The van der Waals surface area contributed by atoms with Gasteiger partial charge in [-0.1, -0.05) is 12.1 Å². The Kier molecular flexibility index (Phi) is 4.62. The molecular formula is C13H11FN4O. The summed E-state index contributed by atoms with van der Waals surface area (Å²) >= 11 is 0. The molecule has 0 unspecified atom stereocenters. The second kappa shape index (κ2) is 6.18. The number of allylic oxidation sites excluding steroid dienone is 1. The number of benzene rings is 1. The molecule has 0 spiro atoms. The van der Waals surface area contributed by atoms with Crippen LogP contribution in [-0.4, -0.2) is 24.9 Å². The van der Waals surface area contributed by atoms with Gasteiger partial charge in [0.15, 0.2) is 0 Å². The minimum Gasteiger partial charge on any atom is -0.372 e. The van der Waals surface area contributed by atoms with Crippen LogP contribution in [0.25, 0.3) is 4.85 Å². The first-order valence-corrected chi connectivity index (χ1v) is 5.26. The SMILES string of the molecule is [C-]#[N+]C(C#N)=C(NC(=O)c1ccccc1F)N(C)C. The van der Waals surface area contributed by atoms with Crippen LogP contribution < -0.4 is 5.32 Å². The van der Waals surface area contributed by atoms with Crippen LogP contribution in [0, 0.1) is 23.7 Å². The standard InChI is InChI=1S/C13H11FN4O/c1-16-11(8-15)12(18(2)3)17-13(19)9-6-4-5-7-10(9)14/h4-7H,2-3H3,(H,17,19). The van der Waals surface area contributed by atoms with E-state index in [0.29, 0.717) is 0 Å². The summed E-state index contributed by atoms with van der Waals surface area (Å²) < 4.78 is 13.4. The van der Waals surface area contributed by atoms with Crippen molar-refractivity contribution in [1.29, 1.82) is 5.26 Å². The van der Waals surface area contributed by atoms with Gasteiger partial charge in [0, 0.05) is 14.1 Å². The Bertz CT molecular complexity index is 592. The molecular weight excluding hydrogens is 247 g/mol. The lowest BCUT2D eigenvalue weighted by molar-refractivity contribution is 0.0951. The molecule has 0 heterocycles. The molecule has 0 atom stereocenters. The third-order valence-electron chi connectivity index (χ3n) is 2.24. The van der Waals surface area contributed by atoms with E-state index in [9.17, 15) is 9.18 Å². The zero-order chi connectivity index (χ0) is 14.4. The van der Waals surface area contributed by atoms with Crippen LogP contribution in [0.2, 0.25) is 0 Å². The zero-order valence-electron chi connectivity index (χ0n) is 10.4. The van der Waals surface area contributed by atoms with E-state index in [1.54, 1.807) is 20.2 Å². The predicted octanol–water partition coefficient (Wildman–Crippen LogP) is 1.73. The Morgan fingerprint density at radius 2 is 2.11 bits per heavy atom. The van der Waals surface area contributed by atoms with Crippen molar-refractivity contribution in [1.82, 2.24) is 10.2 Å². The van der Waals surface area contributed by atoms with Crippen molar-refractivity contribution in [3.63, 3.8) is 0 Å². The van der Waals surface area contributed by atoms with Crippen molar-refractivity contribution in [2.45, 2.75) is 0 Å². The molecule has 0 radical (unpaired) electrons. The highest BCUT2D eigenvalue weighted by Crippen LogP contribution is 2.10. The minimum atomic E-state index is -0.710. The highest BCUT2D eigenvalue weighted by molar-refractivity contribution is 5.95. The van der Waals surface area contributed by atoms with E-state index in [1.165, 1.54) is 23.1 Å². The van der Waals surface area contributed by atoms with Gasteiger partial charge in [0.1, 0.15) is 11.6 Å². The van der Waals surface area contributed by atoms with Crippen molar-refractivity contribution in [3.05, 3.63) is 58.6 Å². The number of rotatable bonds is 3. The number of carbonyl (C=O) groups excluding carboxylic acids is 1. The van der Waals surface area contributed by atoms with Crippen LogP contribution in [0.5, 0.6) is 0 Å². The first kappa shape index (κ1) is 14.2. The first-order chi connectivity index (χ1) is 9.01. The Hall–Kier alpha value is -2.86. The van der Waals surface area contributed by atoms with E-state index >= 15 is 0 Å². The number of nitriles is 1. The van der Waals surface area contributed by atoms with Gasteiger partial charge in [0.2, 0.25) is 0 Å². The summed E-state index contributed by atoms with van der Waals surface area (Å²) in [5, 5.41) is 11.2. The Labute approximate surface area is 110 Å². The highest BCUT2D eigenvalue weighted by atomic mass is 19.1. The molecule has 1 N–H and O–H groups in total. The molecule has 0 aliphatic heterocycles. The van der Waals surface area contributed by atoms with E-state index < -0.39 is 11.7 Å². The smallest absolute Gasteiger partial charge is 0.300 e. The normalized spacial score (nSPS) is 10.8. The number of nitrogens with zero attached hydrogens (tertiary/aromatic N) is 3. The van der Waals surface area contributed by atoms with Crippen molar-refractivity contribution >= 4 is 5.91 Å². The van der Waals surface area contributed by atoms with E-state index in [-0.39, 0.29) is 17.1 Å². The maximum atomic E-state index is 13.4. The van der Waals surface area contributed by atoms with Crippen molar-refractivity contribution in [2.75, 3.05) is 14.1 Å². The van der Waals surface area contributed by atoms with Crippen LogP contribution in [0.1, 0.15) is 10.4 Å². The first-order valence-electron chi connectivity index (χ1n) is 5.26. The second-order valence-electron chi connectivity index (χ2n) is 3.75. The van der Waals surface area contributed by atoms with E-state index in [0.717, 1.165) is 6.07 Å². The summed E-state index contributed by atoms with van der Waals surface area (Å²) in [4.78, 5) is 16.3. The molecule has 0 saturated carbocycles. The van der Waals surface area contributed by atoms with Crippen LogP contribution in [0.3, 0.4) is 0 Å². The number of hydrogen-bond donors (Lipinski definition) is 1. The van der Waals surface area contributed by atoms with Gasteiger partial charge < -0.3 is 10.2 Å². The summed E-state index contributed by atoms with van der Waals surface area (Å²) in [5.41, 5.74) is -0.418. The Balaban J connectivity index is 3.11. The van der Waals surface area contributed by atoms with Crippen molar-refractivity contribution < 1.29 is 9.18 Å². The van der Waals surface area contributed by atoms with Gasteiger partial charge in [-0.2, -0.15) is 0 Å². The number of nitrogens with one attached hydrogen (secondary N) is 1. The average Bonchev–Trinajstić information content (AvgIpc) is 2.39. The molecule has 0 fully saturated rings. The van der Waals surface area contributed by atoms with Crippen LogP contribution in [0.15, 0.2) is 35.8 Å². The molecule has 1 aromatic carbocycles. The summed E-state index contributed by atoms with van der Waals surface area (Å²) in [6, 6.07) is 7.15. The van der Waals surface area contributed by atoms with Gasteiger partial charge in [0.05, 0.1) is 18.2 Å². The maximum absolute atomic E-state index is 13.4. The molecule has 0 aromatic heterocycles. The van der Waals surface area contributed by atoms with E-state index in [1.807, 2.05) is 0 Å². The summed E-state index contributed by atoms with van der Waals surface area (Å²) in [5.74, 6) is -1.34. The van der Waals surface area contributed by atoms with E-state index in [4.69, 9.17) is 11.8 Å². The summed E-state index contributed by atoms with van der Waals surface area (Å²) in [6.45, 7) is 6.87. The molecule has 0 aliphatic rings. The lowest BCUT2D eigenvalue weighted by Gasteiger charge is -2.18. The molecule has 5 nitrogen and oxygen atoms in total. The second-order valence-corrected chi connectivity index (χ2v) is 3.75. The number of halogens is 1. The topological polar surface area (TPSA) is 60.5 Å². The third kappa shape index (κ3) is 3.30.